The van der Waals surface area contributed by atoms with Crippen LogP contribution < -0.4 is 5.32 Å². The van der Waals surface area contributed by atoms with Gasteiger partial charge >= 0.3 is 5.97 Å². The second-order valence-corrected chi connectivity index (χ2v) is 16.4. The Balaban J connectivity index is 3.62. The number of hydrogen-bond acceptors (Lipinski definition) is 5. The normalized spacial score (nSPS) is 13.1. The van der Waals surface area contributed by atoms with Crippen molar-refractivity contribution in [2.75, 3.05) is 13.2 Å². The van der Waals surface area contributed by atoms with Crippen LogP contribution in [0.2, 0.25) is 0 Å². The molecule has 0 aliphatic rings. The Morgan fingerprint density at radius 1 is 0.491 bits per heavy atom. The summed E-state index contributed by atoms with van der Waals surface area (Å²) in [6.07, 6.45) is 56.8. The molecule has 2 unspecified atom stereocenters. The quantitative estimate of drug-likeness (QED) is 0.0324. The fraction of sp³-hybridized carbons (Fsp3) is 0.804. The van der Waals surface area contributed by atoms with Gasteiger partial charge in [-0.1, -0.05) is 197 Å². The molecule has 0 heterocycles. The summed E-state index contributed by atoms with van der Waals surface area (Å²) < 4.78 is 5.43. The van der Waals surface area contributed by atoms with Crippen LogP contribution in [0.15, 0.2) is 48.6 Å². The lowest BCUT2D eigenvalue weighted by atomic mass is 10.0. The van der Waals surface area contributed by atoms with Crippen molar-refractivity contribution in [2.24, 2.45) is 0 Å². The van der Waals surface area contributed by atoms with Crippen LogP contribution in [-0.4, -0.2) is 47.4 Å². The van der Waals surface area contributed by atoms with Crippen LogP contribution >= 0.6 is 0 Å². The zero-order chi connectivity index (χ0) is 41.5. The van der Waals surface area contributed by atoms with Gasteiger partial charge in [0, 0.05) is 12.8 Å². The van der Waals surface area contributed by atoms with Gasteiger partial charge in [-0.2, -0.15) is 0 Å². The molecule has 0 aliphatic carbocycles. The molecule has 0 fully saturated rings. The molecule has 3 N–H and O–H groups in total. The first-order valence-electron chi connectivity index (χ1n) is 24.4. The smallest absolute Gasteiger partial charge is 0.305 e. The van der Waals surface area contributed by atoms with Crippen LogP contribution in [0.5, 0.6) is 0 Å². The summed E-state index contributed by atoms with van der Waals surface area (Å²) in [6, 6.07) is -0.672. The molecule has 0 aromatic heterocycles. The van der Waals surface area contributed by atoms with Gasteiger partial charge in [0.25, 0.3) is 0 Å². The second kappa shape index (κ2) is 46.5. The largest absolute Gasteiger partial charge is 0.466 e. The number of ether oxygens (including phenoxy) is 1. The summed E-state index contributed by atoms with van der Waals surface area (Å²) in [6.45, 7) is 4.79. The minimum atomic E-state index is -0.879. The molecule has 1 amide bonds. The molecule has 0 saturated heterocycles. The lowest BCUT2D eigenvalue weighted by Crippen LogP contribution is -2.45. The van der Waals surface area contributed by atoms with Crippen molar-refractivity contribution < 1.29 is 24.5 Å². The molecule has 6 nitrogen and oxygen atoms in total. The molecule has 0 aromatic carbocycles. The highest BCUT2D eigenvalue weighted by molar-refractivity contribution is 5.76. The number of unbranched alkanes of at least 4 members (excludes halogenated alkanes) is 27. The predicted molar refractivity (Wildman–Crippen MR) is 245 cm³/mol. The molecular weight excluding hydrogens is 707 g/mol. The third-order valence-electron chi connectivity index (χ3n) is 10.8. The second-order valence-electron chi connectivity index (χ2n) is 16.4. The third-order valence-corrected chi connectivity index (χ3v) is 10.8. The first-order chi connectivity index (χ1) is 28.0. The van der Waals surface area contributed by atoms with Gasteiger partial charge in [0.2, 0.25) is 5.91 Å². The number of carbonyl (C=O) groups excluding carboxylic acids is 2. The van der Waals surface area contributed by atoms with Gasteiger partial charge in [-0.15, -0.1) is 0 Å². The van der Waals surface area contributed by atoms with E-state index in [1.54, 1.807) is 6.08 Å². The number of carbonyl (C=O) groups is 2. The summed E-state index contributed by atoms with van der Waals surface area (Å²) in [5.41, 5.74) is 0. The molecule has 0 bridgehead atoms. The van der Waals surface area contributed by atoms with Gasteiger partial charge in [-0.25, -0.2) is 0 Å². The van der Waals surface area contributed by atoms with Crippen LogP contribution in [0.3, 0.4) is 0 Å². The molecule has 0 radical (unpaired) electrons. The van der Waals surface area contributed by atoms with Crippen molar-refractivity contribution in [2.45, 2.75) is 251 Å². The van der Waals surface area contributed by atoms with Gasteiger partial charge in [-0.3, -0.25) is 9.59 Å². The third kappa shape index (κ3) is 43.2. The number of esters is 1. The fourth-order valence-electron chi connectivity index (χ4n) is 7.03. The first kappa shape index (κ1) is 54.8. The maximum atomic E-state index is 12.4. The van der Waals surface area contributed by atoms with Gasteiger partial charge in [0.05, 0.1) is 25.4 Å². The zero-order valence-corrected chi connectivity index (χ0v) is 37.6. The van der Waals surface area contributed by atoms with E-state index >= 15 is 0 Å². The number of amides is 1. The topological polar surface area (TPSA) is 95.9 Å². The van der Waals surface area contributed by atoms with Crippen LogP contribution in [0.1, 0.15) is 239 Å². The summed E-state index contributed by atoms with van der Waals surface area (Å²) in [7, 11) is 0. The van der Waals surface area contributed by atoms with Crippen molar-refractivity contribution in [1.29, 1.82) is 0 Å². The van der Waals surface area contributed by atoms with Crippen molar-refractivity contribution >= 4 is 11.9 Å². The van der Waals surface area contributed by atoms with E-state index in [0.717, 1.165) is 51.4 Å². The molecule has 332 valence electrons. The van der Waals surface area contributed by atoms with E-state index in [1.165, 1.54) is 154 Å². The molecule has 0 aliphatic heterocycles. The lowest BCUT2D eigenvalue weighted by molar-refractivity contribution is -0.143. The van der Waals surface area contributed by atoms with Gasteiger partial charge in [0.1, 0.15) is 0 Å². The van der Waals surface area contributed by atoms with E-state index in [0.29, 0.717) is 25.9 Å². The summed E-state index contributed by atoms with van der Waals surface area (Å²) >= 11 is 0. The van der Waals surface area contributed by atoms with Crippen molar-refractivity contribution in [1.82, 2.24) is 5.32 Å². The predicted octanol–water partition coefficient (Wildman–Crippen LogP) is 14.3. The van der Waals surface area contributed by atoms with Crippen LogP contribution in [-0.2, 0) is 14.3 Å². The number of hydrogen-bond donors (Lipinski definition) is 3. The van der Waals surface area contributed by atoms with E-state index in [2.05, 4.69) is 49.5 Å². The number of allylic oxidation sites excluding steroid dienone is 7. The summed E-state index contributed by atoms with van der Waals surface area (Å²) in [5, 5.41) is 22.9. The first-order valence-corrected chi connectivity index (χ1v) is 24.4. The molecule has 0 aromatic rings. The Morgan fingerprint density at radius 3 is 1.42 bits per heavy atom. The van der Waals surface area contributed by atoms with E-state index in [4.69, 9.17) is 4.74 Å². The molecule has 6 heteroatoms. The molecule has 0 saturated carbocycles. The Bertz CT molecular complexity index is 973. The zero-order valence-electron chi connectivity index (χ0n) is 37.6. The minimum absolute atomic E-state index is 0.0297. The average molecular weight is 800 g/mol. The Morgan fingerprint density at radius 2 is 0.895 bits per heavy atom. The lowest BCUT2D eigenvalue weighted by Gasteiger charge is -2.19. The number of aliphatic hydroxyl groups excluding tert-OH is 2. The SMILES string of the molecule is CCCCC/C=C\CCCCCCCC(=O)OCCCCCCCC/C=C\C/C=C\CCC(=O)NC(CO)C(O)/C=C/CCCCCCCCCCCCCCC. The highest BCUT2D eigenvalue weighted by Crippen LogP contribution is 2.14. The molecule has 2 atom stereocenters. The van der Waals surface area contributed by atoms with E-state index in [9.17, 15) is 19.8 Å². The standard InChI is InChI=1S/C51H93NO5/c1-3-5-7-9-11-13-15-17-18-20-23-27-31-35-39-43-49(54)48(47-53)52-50(55)44-40-36-32-28-24-21-19-22-26-30-34-38-42-46-57-51(56)45-41-37-33-29-25-16-14-12-10-8-6-4-2/h12,14,21,24,32,36,39,43,48-49,53-54H,3-11,13,15-20,22-23,25-31,33-35,37-38,40-42,44-47H2,1-2H3,(H,52,55)/b14-12-,24-21-,36-32-,43-39+. The number of aliphatic hydroxyl groups is 2. The Kier molecular flexibility index (Phi) is 44.7. The molecule has 0 spiro atoms. The van der Waals surface area contributed by atoms with Gasteiger partial charge < -0.3 is 20.3 Å². The van der Waals surface area contributed by atoms with Crippen molar-refractivity contribution in [3.8, 4) is 0 Å². The van der Waals surface area contributed by atoms with Gasteiger partial charge in [0.15, 0.2) is 0 Å². The maximum Gasteiger partial charge on any atom is 0.305 e. The number of nitrogens with one attached hydrogen (secondary N) is 1. The fourth-order valence-corrected chi connectivity index (χ4v) is 7.03. The minimum Gasteiger partial charge on any atom is -0.466 e. The highest BCUT2D eigenvalue weighted by Gasteiger charge is 2.17. The molecular formula is C51H93NO5. The van der Waals surface area contributed by atoms with E-state index in [-0.39, 0.29) is 18.5 Å². The summed E-state index contributed by atoms with van der Waals surface area (Å²) in [4.78, 5) is 24.3. The van der Waals surface area contributed by atoms with E-state index in [1.807, 2.05) is 12.2 Å². The summed E-state index contributed by atoms with van der Waals surface area (Å²) in [5.74, 6) is -0.180. The van der Waals surface area contributed by atoms with Crippen LogP contribution in [0.25, 0.3) is 0 Å². The van der Waals surface area contributed by atoms with Crippen LogP contribution in [0, 0.1) is 0 Å². The highest BCUT2D eigenvalue weighted by atomic mass is 16.5. The van der Waals surface area contributed by atoms with Crippen LogP contribution in [0.4, 0.5) is 0 Å². The Labute approximate surface area is 353 Å². The average Bonchev–Trinajstić information content (AvgIpc) is 3.21. The Hall–Kier alpha value is -2.18. The van der Waals surface area contributed by atoms with Crippen molar-refractivity contribution in [3.05, 3.63) is 48.6 Å². The number of rotatable bonds is 44. The van der Waals surface area contributed by atoms with Gasteiger partial charge in [-0.05, 0) is 77.0 Å². The van der Waals surface area contributed by atoms with Crippen molar-refractivity contribution in [3.63, 3.8) is 0 Å². The maximum absolute atomic E-state index is 12.4. The van der Waals surface area contributed by atoms with E-state index < -0.39 is 12.1 Å². The monoisotopic (exact) mass is 800 g/mol. The molecule has 57 heavy (non-hydrogen) atoms. The molecule has 0 rings (SSSR count).